The molecule has 36 heavy (non-hydrogen) atoms. The van der Waals surface area contributed by atoms with Crippen molar-refractivity contribution in [3.05, 3.63) is 42.4 Å². The number of benzene rings is 1. The number of rotatable bonds is 2. The van der Waals surface area contributed by atoms with Crippen molar-refractivity contribution >= 4 is 29.2 Å². The Balaban J connectivity index is 1.49. The first-order valence-corrected chi connectivity index (χ1v) is 12.5. The highest BCUT2D eigenvalue weighted by Crippen LogP contribution is 2.31. The molecular formula is C26H31N7O3. The van der Waals surface area contributed by atoms with Crippen LogP contribution in [-0.2, 0) is 16.0 Å². The van der Waals surface area contributed by atoms with Gasteiger partial charge in [-0.15, -0.1) is 0 Å². The van der Waals surface area contributed by atoms with E-state index in [9.17, 15) is 4.79 Å². The number of aryl methyl sites for hydroxylation is 1. The normalized spacial score (nSPS) is 16.8. The van der Waals surface area contributed by atoms with Crippen LogP contribution in [-0.4, -0.2) is 59.3 Å². The molecule has 188 valence electrons. The fourth-order valence-corrected chi connectivity index (χ4v) is 4.55. The molecule has 3 aliphatic rings. The maximum atomic E-state index is 12.3. The largest absolute Gasteiger partial charge is 0.493 e. The van der Waals surface area contributed by atoms with E-state index in [2.05, 4.69) is 53.7 Å². The number of nitrogens with zero attached hydrogens (tertiary/aromatic N) is 5. The molecular weight excluding hydrogens is 458 g/mol. The first-order chi connectivity index (χ1) is 17.7. The molecule has 2 N–H and O–H groups in total. The molecule has 3 aliphatic heterocycles. The summed E-state index contributed by atoms with van der Waals surface area (Å²) >= 11 is 0. The summed E-state index contributed by atoms with van der Waals surface area (Å²) in [6, 6.07) is 6.43. The molecule has 6 bridgehead atoms. The SMILES string of the molecule is COc1cnc2nc1-c1cnc(nc1)NC(=O)CCCCCCc1cc(ccc1N1CCOCC1)N2. The zero-order chi connectivity index (χ0) is 24.7. The number of anilines is 4. The second kappa shape index (κ2) is 11.3. The minimum atomic E-state index is -0.0749. The van der Waals surface area contributed by atoms with Gasteiger partial charge in [0.1, 0.15) is 5.69 Å². The van der Waals surface area contributed by atoms with Gasteiger partial charge in [-0.25, -0.2) is 19.9 Å². The van der Waals surface area contributed by atoms with Crippen LogP contribution < -0.4 is 20.3 Å². The lowest BCUT2D eigenvalue weighted by molar-refractivity contribution is -0.116. The maximum Gasteiger partial charge on any atom is 0.229 e. The minimum absolute atomic E-state index is 0.0749. The van der Waals surface area contributed by atoms with E-state index in [0.717, 1.165) is 64.1 Å². The molecule has 0 unspecified atom stereocenters. The number of amides is 1. The fraction of sp³-hybridized carbons (Fsp3) is 0.423. The van der Waals surface area contributed by atoms with Crippen molar-refractivity contribution in [1.82, 2.24) is 19.9 Å². The van der Waals surface area contributed by atoms with Gasteiger partial charge in [0.2, 0.25) is 17.8 Å². The maximum absolute atomic E-state index is 12.3. The van der Waals surface area contributed by atoms with Crippen LogP contribution >= 0.6 is 0 Å². The average Bonchev–Trinajstić information content (AvgIpc) is 2.91. The average molecular weight is 490 g/mol. The number of morpholine rings is 1. The van der Waals surface area contributed by atoms with E-state index < -0.39 is 0 Å². The standard InChI is InChI=1S/C26H31N7O3/c1-35-22-17-29-26-30-20-8-9-21(33-10-12-36-13-11-33)18(14-20)6-4-2-3-5-7-23(34)31-25-27-15-19(16-28-25)24(22)32-26/h8-9,14-17H,2-7,10-13H2,1H3,(H,29,30,32)(H,27,28,31,34). The van der Waals surface area contributed by atoms with E-state index >= 15 is 0 Å². The van der Waals surface area contributed by atoms with Gasteiger partial charge in [-0.05, 0) is 43.0 Å². The van der Waals surface area contributed by atoms with Crippen LogP contribution in [0.1, 0.15) is 37.7 Å². The molecule has 0 atom stereocenters. The lowest BCUT2D eigenvalue weighted by Gasteiger charge is -2.31. The molecule has 0 saturated carbocycles. The third kappa shape index (κ3) is 5.71. The summed E-state index contributed by atoms with van der Waals surface area (Å²) in [5, 5.41) is 6.14. The Morgan fingerprint density at radius 1 is 0.917 bits per heavy atom. The van der Waals surface area contributed by atoms with Gasteiger partial charge in [-0.2, -0.15) is 0 Å². The highest BCUT2D eigenvalue weighted by molar-refractivity contribution is 5.88. The predicted octanol–water partition coefficient (Wildman–Crippen LogP) is 3.97. The number of carbonyl (C=O) groups is 1. The smallest absolute Gasteiger partial charge is 0.229 e. The number of aromatic nitrogens is 4. The van der Waals surface area contributed by atoms with E-state index in [1.165, 1.54) is 11.3 Å². The first-order valence-electron chi connectivity index (χ1n) is 12.5. The summed E-state index contributed by atoms with van der Waals surface area (Å²) in [4.78, 5) is 32.5. The Bertz CT molecular complexity index is 1200. The summed E-state index contributed by atoms with van der Waals surface area (Å²) in [6.45, 7) is 3.27. The number of nitrogens with one attached hydrogen (secondary N) is 2. The topological polar surface area (TPSA) is 114 Å². The number of carbonyl (C=O) groups excluding carboxylic acids is 1. The van der Waals surface area contributed by atoms with Gasteiger partial charge < -0.3 is 19.7 Å². The third-order valence-corrected chi connectivity index (χ3v) is 6.44. The predicted molar refractivity (Wildman–Crippen MR) is 138 cm³/mol. The molecule has 1 fully saturated rings. The van der Waals surface area contributed by atoms with Crippen molar-refractivity contribution in [3.63, 3.8) is 0 Å². The number of hydrogen-bond donors (Lipinski definition) is 2. The molecule has 0 aliphatic carbocycles. The lowest BCUT2D eigenvalue weighted by Crippen LogP contribution is -2.36. The second-order valence-electron chi connectivity index (χ2n) is 8.94. The Morgan fingerprint density at radius 2 is 1.67 bits per heavy atom. The Morgan fingerprint density at radius 3 is 2.44 bits per heavy atom. The number of methoxy groups -OCH3 is 1. The van der Waals surface area contributed by atoms with Crippen molar-refractivity contribution in [3.8, 4) is 17.0 Å². The van der Waals surface area contributed by atoms with Gasteiger partial charge in [0.25, 0.3) is 0 Å². The van der Waals surface area contributed by atoms with Crippen LogP contribution in [0.3, 0.4) is 0 Å². The van der Waals surface area contributed by atoms with Crippen LogP contribution in [0.4, 0.5) is 23.3 Å². The molecule has 2 aromatic heterocycles. The van der Waals surface area contributed by atoms with E-state index in [1.54, 1.807) is 25.7 Å². The second-order valence-corrected chi connectivity index (χ2v) is 8.94. The van der Waals surface area contributed by atoms with Gasteiger partial charge in [0.05, 0.1) is 26.5 Å². The van der Waals surface area contributed by atoms with Crippen LogP contribution in [0.15, 0.2) is 36.8 Å². The highest BCUT2D eigenvalue weighted by atomic mass is 16.5. The fourth-order valence-electron chi connectivity index (χ4n) is 4.55. The molecule has 0 spiro atoms. The van der Waals surface area contributed by atoms with Crippen molar-refractivity contribution in [2.75, 3.05) is 48.9 Å². The van der Waals surface area contributed by atoms with E-state index in [0.29, 0.717) is 29.4 Å². The number of fused-ring (bicyclic) bond motifs is 9. The summed E-state index contributed by atoms with van der Waals surface area (Å²) in [5.41, 5.74) is 4.70. The molecule has 1 saturated heterocycles. The minimum Gasteiger partial charge on any atom is -0.493 e. The number of hydrogen-bond acceptors (Lipinski definition) is 9. The number of ether oxygens (including phenoxy) is 2. The monoisotopic (exact) mass is 489 g/mol. The molecule has 3 aromatic rings. The molecule has 0 radical (unpaired) electrons. The Hall–Kier alpha value is -3.79. The van der Waals surface area contributed by atoms with Crippen LogP contribution in [0.5, 0.6) is 5.75 Å². The van der Waals surface area contributed by atoms with Crippen LogP contribution in [0.2, 0.25) is 0 Å². The zero-order valence-corrected chi connectivity index (χ0v) is 20.5. The molecule has 1 amide bonds. The molecule has 5 heterocycles. The summed E-state index contributed by atoms with van der Waals surface area (Å²) < 4.78 is 11.0. The van der Waals surface area contributed by atoms with Gasteiger partial charge >= 0.3 is 0 Å². The van der Waals surface area contributed by atoms with Crippen molar-refractivity contribution < 1.29 is 14.3 Å². The van der Waals surface area contributed by atoms with Crippen molar-refractivity contribution in [2.45, 2.75) is 38.5 Å². The molecule has 6 rings (SSSR count). The highest BCUT2D eigenvalue weighted by Gasteiger charge is 2.17. The van der Waals surface area contributed by atoms with Gasteiger partial charge in [-0.3, -0.25) is 10.1 Å². The van der Waals surface area contributed by atoms with Gasteiger partial charge in [0, 0.05) is 48.8 Å². The molecule has 10 nitrogen and oxygen atoms in total. The van der Waals surface area contributed by atoms with Gasteiger partial charge in [-0.1, -0.05) is 12.8 Å². The van der Waals surface area contributed by atoms with E-state index in [-0.39, 0.29) is 11.9 Å². The van der Waals surface area contributed by atoms with E-state index in [4.69, 9.17) is 9.47 Å². The molecule has 10 heteroatoms. The van der Waals surface area contributed by atoms with Crippen molar-refractivity contribution in [2.24, 2.45) is 0 Å². The summed E-state index contributed by atoms with van der Waals surface area (Å²) in [7, 11) is 1.57. The quantitative estimate of drug-likeness (QED) is 0.552. The van der Waals surface area contributed by atoms with Crippen molar-refractivity contribution in [1.29, 1.82) is 0 Å². The third-order valence-electron chi connectivity index (χ3n) is 6.44. The summed E-state index contributed by atoms with van der Waals surface area (Å²) in [5.74, 6) is 1.16. The van der Waals surface area contributed by atoms with Crippen LogP contribution in [0, 0.1) is 0 Å². The summed E-state index contributed by atoms with van der Waals surface area (Å²) in [6.07, 6.45) is 10.2. The van der Waals surface area contributed by atoms with Gasteiger partial charge in [0.15, 0.2) is 5.75 Å². The molecule has 1 aromatic carbocycles. The zero-order valence-electron chi connectivity index (χ0n) is 20.5. The Kier molecular flexibility index (Phi) is 7.51. The van der Waals surface area contributed by atoms with E-state index in [1.807, 2.05) is 0 Å². The Labute approximate surface area is 210 Å². The lowest BCUT2D eigenvalue weighted by atomic mass is 10.0. The van der Waals surface area contributed by atoms with Crippen LogP contribution in [0.25, 0.3) is 11.3 Å². The first kappa shape index (κ1) is 23.9.